The number of rotatable bonds is 2. The summed E-state index contributed by atoms with van der Waals surface area (Å²) in [6.07, 6.45) is 3.27. The van der Waals surface area contributed by atoms with E-state index in [4.69, 9.17) is 16.3 Å². The normalized spacial score (nSPS) is 10.8. The van der Waals surface area contributed by atoms with Gasteiger partial charge in [-0.1, -0.05) is 27.5 Å². The molecule has 0 atom stereocenters. The number of aromatic nitrogens is 3. The summed E-state index contributed by atoms with van der Waals surface area (Å²) in [4.78, 5) is 4.09. The standard InChI is InChI=1S/C12H7BrClN3O/c13-8-1-2-11(10(14)5-8)18-9-3-4-17-12(6-9)15-7-16-17/h1-7H. The highest BCUT2D eigenvalue weighted by atomic mass is 79.9. The molecule has 18 heavy (non-hydrogen) atoms. The topological polar surface area (TPSA) is 39.4 Å². The molecule has 90 valence electrons. The van der Waals surface area contributed by atoms with Crippen molar-refractivity contribution in [3.8, 4) is 11.5 Å². The largest absolute Gasteiger partial charge is 0.456 e. The Morgan fingerprint density at radius 1 is 1.22 bits per heavy atom. The lowest BCUT2D eigenvalue weighted by Gasteiger charge is -2.07. The molecule has 0 unspecified atom stereocenters. The van der Waals surface area contributed by atoms with Gasteiger partial charge in [0.15, 0.2) is 5.65 Å². The Bertz CT molecular complexity index is 713. The molecule has 0 bridgehead atoms. The fourth-order valence-corrected chi connectivity index (χ4v) is 2.26. The van der Waals surface area contributed by atoms with Crippen LogP contribution in [0, 0.1) is 0 Å². The summed E-state index contributed by atoms with van der Waals surface area (Å²) >= 11 is 9.44. The molecule has 2 aromatic heterocycles. The number of hydrogen-bond acceptors (Lipinski definition) is 3. The van der Waals surface area contributed by atoms with E-state index >= 15 is 0 Å². The fraction of sp³-hybridized carbons (Fsp3) is 0. The van der Waals surface area contributed by atoms with Gasteiger partial charge in [-0.2, -0.15) is 5.10 Å². The molecule has 1 aromatic carbocycles. The highest BCUT2D eigenvalue weighted by molar-refractivity contribution is 9.10. The molecule has 2 heterocycles. The fourth-order valence-electron chi connectivity index (χ4n) is 1.55. The van der Waals surface area contributed by atoms with E-state index in [-0.39, 0.29) is 0 Å². The molecule has 0 saturated heterocycles. The Kier molecular flexibility index (Phi) is 2.93. The molecule has 0 aliphatic rings. The van der Waals surface area contributed by atoms with Crippen LogP contribution in [0.15, 0.2) is 47.3 Å². The van der Waals surface area contributed by atoms with Crippen LogP contribution in [0.3, 0.4) is 0 Å². The van der Waals surface area contributed by atoms with Crippen LogP contribution >= 0.6 is 27.5 Å². The predicted molar refractivity (Wildman–Crippen MR) is 72.2 cm³/mol. The zero-order chi connectivity index (χ0) is 12.5. The number of hydrogen-bond donors (Lipinski definition) is 0. The average Bonchev–Trinajstić information content (AvgIpc) is 2.80. The number of halogens is 2. The molecular formula is C12H7BrClN3O. The van der Waals surface area contributed by atoms with E-state index in [9.17, 15) is 0 Å². The smallest absolute Gasteiger partial charge is 0.158 e. The Morgan fingerprint density at radius 2 is 2.11 bits per heavy atom. The van der Waals surface area contributed by atoms with Crippen LogP contribution in [0.5, 0.6) is 11.5 Å². The summed E-state index contributed by atoms with van der Waals surface area (Å²) < 4.78 is 8.28. The highest BCUT2D eigenvalue weighted by Crippen LogP contribution is 2.31. The minimum atomic E-state index is 0.547. The third kappa shape index (κ3) is 2.19. The first kappa shape index (κ1) is 11.5. The van der Waals surface area contributed by atoms with Crippen molar-refractivity contribution in [2.45, 2.75) is 0 Å². The first-order valence-electron chi connectivity index (χ1n) is 5.15. The van der Waals surface area contributed by atoms with Gasteiger partial charge in [0.2, 0.25) is 0 Å². The monoisotopic (exact) mass is 323 g/mol. The molecule has 0 radical (unpaired) electrons. The highest BCUT2D eigenvalue weighted by Gasteiger charge is 2.05. The lowest BCUT2D eigenvalue weighted by atomic mass is 10.3. The minimum Gasteiger partial charge on any atom is -0.456 e. The number of pyridine rings is 1. The first-order valence-corrected chi connectivity index (χ1v) is 6.32. The van der Waals surface area contributed by atoms with Crippen molar-refractivity contribution in [3.05, 3.63) is 52.4 Å². The third-order valence-electron chi connectivity index (χ3n) is 2.37. The van der Waals surface area contributed by atoms with Gasteiger partial charge in [0.05, 0.1) is 5.02 Å². The summed E-state index contributed by atoms with van der Waals surface area (Å²) in [6, 6.07) is 9.06. The Balaban J connectivity index is 1.95. The van der Waals surface area contributed by atoms with Crippen LogP contribution < -0.4 is 4.74 Å². The van der Waals surface area contributed by atoms with E-state index < -0.39 is 0 Å². The Hall–Kier alpha value is -1.59. The van der Waals surface area contributed by atoms with Crippen molar-refractivity contribution in [2.24, 2.45) is 0 Å². The van der Waals surface area contributed by atoms with Crippen molar-refractivity contribution in [2.75, 3.05) is 0 Å². The molecule has 0 amide bonds. The van der Waals surface area contributed by atoms with E-state index in [2.05, 4.69) is 26.0 Å². The summed E-state index contributed by atoms with van der Waals surface area (Å²) in [7, 11) is 0. The van der Waals surface area contributed by atoms with Crippen LogP contribution in [0.25, 0.3) is 5.65 Å². The van der Waals surface area contributed by atoms with Crippen molar-refractivity contribution in [3.63, 3.8) is 0 Å². The molecule has 4 nitrogen and oxygen atoms in total. The maximum Gasteiger partial charge on any atom is 0.158 e. The van der Waals surface area contributed by atoms with Crippen molar-refractivity contribution < 1.29 is 4.74 Å². The van der Waals surface area contributed by atoms with Crippen molar-refractivity contribution in [1.82, 2.24) is 14.6 Å². The van der Waals surface area contributed by atoms with Gasteiger partial charge >= 0.3 is 0 Å². The molecule has 3 aromatic rings. The van der Waals surface area contributed by atoms with Gasteiger partial charge in [0, 0.05) is 16.7 Å². The zero-order valence-corrected chi connectivity index (χ0v) is 11.4. The van der Waals surface area contributed by atoms with Crippen LogP contribution in [0.1, 0.15) is 0 Å². The van der Waals surface area contributed by atoms with Crippen molar-refractivity contribution in [1.29, 1.82) is 0 Å². The lowest BCUT2D eigenvalue weighted by Crippen LogP contribution is -1.89. The minimum absolute atomic E-state index is 0.547. The van der Waals surface area contributed by atoms with Crippen LogP contribution in [0.4, 0.5) is 0 Å². The van der Waals surface area contributed by atoms with E-state index in [1.165, 1.54) is 6.33 Å². The van der Waals surface area contributed by atoms with Gasteiger partial charge in [-0.15, -0.1) is 0 Å². The van der Waals surface area contributed by atoms with Crippen molar-refractivity contribution >= 4 is 33.2 Å². The zero-order valence-electron chi connectivity index (χ0n) is 9.05. The quantitative estimate of drug-likeness (QED) is 0.717. The third-order valence-corrected chi connectivity index (χ3v) is 3.16. The second-order valence-electron chi connectivity index (χ2n) is 3.60. The summed E-state index contributed by atoms with van der Waals surface area (Å²) in [5, 5.41) is 4.56. The number of ether oxygens (including phenoxy) is 1. The van der Waals surface area contributed by atoms with Gasteiger partial charge in [-0.05, 0) is 24.3 Å². The van der Waals surface area contributed by atoms with Crippen LogP contribution in [-0.4, -0.2) is 14.6 Å². The van der Waals surface area contributed by atoms with E-state index in [0.29, 0.717) is 16.5 Å². The number of benzene rings is 1. The molecule has 0 fully saturated rings. The van der Waals surface area contributed by atoms with E-state index in [1.54, 1.807) is 35.0 Å². The average molecular weight is 325 g/mol. The predicted octanol–water partition coefficient (Wildman–Crippen LogP) is 3.94. The van der Waals surface area contributed by atoms with Gasteiger partial charge < -0.3 is 4.74 Å². The Morgan fingerprint density at radius 3 is 2.94 bits per heavy atom. The molecule has 0 spiro atoms. The van der Waals surface area contributed by atoms with Gasteiger partial charge in [-0.3, -0.25) is 0 Å². The lowest BCUT2D eigenvalue weighted by molar-refractivity contribution is 0.482. The summed E-state index contributed by atoms with van der Waals surface area (Å²) in [5.41, 5.74) is 0.723. The maximum atomic E-state index is 6.09. The molecule has 0 aliphatic carbocycles. The van der Waals surface area contributed by atoms with Crippen LogP contribution in [-0.2, 0) is 0 Å². The van der Waals surface area contributed by atoms with E-state index in [1.807, 2.05) is 6.07 Å². The summed E-state index contributed by atoms with van der Waals surface area (Å²) in [6.45, 7) is 0. The molecule has 6 heteroatoms. The maximum absolute atomic E-state index is 6.09. The molecule has 0 aliphatic heterocycles. The van der Waals surface area contributed by atoms with E-state index in [0.717, 1.165) is 10.1 Å². The SMILES string of the molecule is Clc1cc(Br)ccc1Oc1ccn2ncnc2c1. The second-order valence-corrected chi connectivity index (χ2v) is 4.92. The van der Waals surface area contributed by atoms with Gasteiger partial charge in [-0.25, -0.2) is 9.50 Å². The molecule has 3 rings (SSSR count). The Labute approximate surface area is 116 Å². The molecule has 0 saturated carbocycles. The number of fused-ring (bicyclic) bond motifs is 1. The summed E-state index contributed by atoms with van der Waals surface area (Å²) in [5.74, 6) is 1.27. The molecule has 0 N–H and O–H groups in total. The van der Waals surface area contributed by atoms with Crippen LogP contribution in [0.2, 0.25) is 5.02 Å². The van der Waals surface area contributed by atoms with Gasteiger partial charge in [0.1, 0.15) is 17.8 Å². The van der Waals surface area contributed by atoms with Gasteiger partial charge in [0.25, 0.3) is 0 Å². The first-order chi connectivity index (χ1) is 8.72. The molecular weight excluding hydrogens is 318 g/mol. The number of nitrogens with zero attached hydrogens (tertiary/aromatic N) is 3. The second kappa shape index (κ2) is 4.59.